The summed E-state index contributed by atoms with van der Waals surface area (Å²) in [7, 11) is 2.03. The van der Waals surface area contributed by atoms with E-state index in [4.69, 9.17) is 0 Å². The molecule has 0 fully saturated rings. The van der Waals surface area contributed by atoms with Gasteiger partial charge in [0.1, 0.15) is 0 Å². The first-order chi connectivity index (χ1) is 10.1. The predicted octanol–water partition coefficient (Wildman–Crippen LogP) is 5.19. The summed E-state index contributed by atoms with van der Waals surface area (Å²) in [5.41, 5.74) is 6.82. The topological polar surface area (TPSA) is 12.0 Å². The van der Waals surface area contributed by atoms with Crippen LogP contribution in [0.5, 0.6) is 0 Å². The van der Waals surface area contributed by atoms with Crippen LogP contribution >= 0.6 is 15.9 Å². The summed E-state index contributed by atoms with van der Waals surface area (Å²) in [6.45, 7) is 6.57. The van der Waals surface area contributed by atoms with E-state index < -0.39 is 0 Å². The third-order valence-electron chi connectivity index (χ3n) is 4.14. The second kappa shape index (κ2) is 7.24. The molecule has 0 amide bonds. The SMILES string of the molecule is CCc1ccc(C(NC)c2ccc(C)c(Br)c2)cc1CC. The van der Waals surface area contributed by atoms with Gasteiger partial charge in [0.2, 0.25) is 0 Å². The maximum absolute atomic E-state index is 3.64. The first-order valence-corrected chi connectivity index (χ1v) is 8.45. The van der Waals surface area contributed by atoms with Crippen molar-refractivity contribution in [3.05, 3.63) is 68.7 Å². The minimum absolute atomic E-state index is 0.234. The summed E-state index contributed by atoms with van der Waals surface area (Å²) in [5, 5.41) is 3.45. The molecule has 0 saturated carbocycles. The standard InChI is InChI=1S/C19H24BrN/c1-5-14-9-10-16(11-15(14)6-2)19(21-4)17-8-7-13(3)18(20)12-17/h7-12,19,21H,5-6H2,1-4H3. The Bertz CT molecular complexity index is 619. The first-order valence-electron chi connectivity index (χ1n) is 7.65. The number of hydrogen-bond donors (Lipinski definition) is 1. The van der Waals surface area contributed by atoms with Gasteiger partial charge in [-0.15, -0.1) is 0 Å². The van der Waals surface area contributed by atoms with E-state index in [1.807, 2.05) is 7.05 Å². The van der Waals surface area contributed by atoms with Gasteiger partial charge in [-0.1, -0.05) is 60.1 Å². The molecule has 0 radical (unpaired) electrons. The lowest BCUT2D eigenvalue weighted by Crippen LogP contribution is -2.18. The van der Waals surface area contributed by atoms with E-state index >= 15 is 0 Å². The van der Waals surface area contributed by atoms with E-state index in [1.165, 1.54) is 32.3 Å². The molecule has 0 spiro atoms. The molecular formula is C19H24BrN. The van der Waals surface area contributed by atoms with Gasteiger partial charge in [-0.25, -0.2) is 0 Å². The third kappa shape index (κ3) is 3.56. The summed E-state index contributed by atoms with van der Waals surface area (Å²) in [6, 6.07) is 13.7. The van der Waals surface area contributed by atoms with Crippen LogP contribution in [0.25, 0.3) is 0 Å². The highest BCUT2D eigenvalue weighted by molar-refractivity contribution is 9.10. The molecule has 1 unspecified atom stereocenters. The fourth-order valence-corrected chi connectivity index (χ4v) is 3.21. The number of halogens is 1. The molecule has 0 bridgehead atoms. The fourth-order valence-electron chi connectivity index (χ4n) is 2.81. The maximum atomic E-state index is 3.64. The molecule has 2 heteroatoms. The highest BCUT2D eigenvalue weighted by Crippen LogP contribution is 2.28. The number of benzene rings is 2. The summed E-state index contributed by atoms with van der Waals surface area (Å²) in [4.78, 5) is 0. The molecule has 2 aromatic rings. The van der Waals surface area contributed by atoms with Gasteiger partial charge in [-0.2, -0.15) is 0 Å². The Morgan fingerprint density at radius 3 is 2.14 bits per heavy atom. The van der Waals surface area contributed by atoms with E-state index in [-0.39, 0.29) is 6.04 Å². The Hall–Kier alpha value is -1.12. The molecule has 0 heterocycles. The lowest BCUT2D eigenvalue weighted by molar-refractivity contribution is 0.689. The van der Waals surface area contributed by atoms with Crippen molar-refractivity contribution in [3.8, 4) is 0 Å². The van der Waals surface area contributed by atoms with Crippen LogP contribution in [-0.2, 0) is 12.8 Å². The van der Waals surface area contributed by atoms with Crippen molar-refractivity contribution in [1.82, 2.24) is 5.32 Å². The van der Waals surface area contributed by atoms with Gasteiger partial charge in [0.05, 0.1) is 6.04 Å². The summed E-state index contributed by atoms with van der Waals surface area (Å²) < 4.78 is 1.17. The lowest BCUT2D eigenvalue weighted by Gasteiger charge is -2.20. The van der Waals surface area contributed by atoms with Crippen LogP contribution in [0.15, 0.2) is 40.9 Å². The second-order valence-electron chi connectivity index (χ2n) is 5.47. The Morgan fingerprint density at radius 2 is 1.57 bits per heavy atom. The zero-order valence-electron chi connectivity index (χ0n) is 13.3. The van der Waals surface area contributed by atoms with Crippen molar-refractivity contribution in [3.63, 3.8) is 0 Å². The molecular weight excluding hydrogens is 322 g/mol. The van der Waals surface area contributed by atoms with Crippen LogP contribution in [0.1, 0.15) is 47.7 Å². The largest absolute Gasteiger partial charge is 0.309 e. The van der Waals surface area contributed by atoms with Gasteiger partial charge < -0.3 is 5.32 Å². The molecule has 0 saturated heterocycles. The van der Waals surface area contributed by atoms with E-state index in [9.17, 15) is 0 Å². The number of aryl methyl sites for hydroxylation is 3. The van der Waals surface area contributed by atoms with Gasteiger partial charge in [0, 0.05) is 4.47 Å². The van der Waals surface area contributed by atoms with Crippen LogP contribution in [0, 0.1) is 6.92 Å². The molecule has 2 rings (SSSR count). The molecule has 0 aliphatic carbocycles. The number of hydrogen-bond acceptors (Lipinski definition) is 1. The first kappa shape index (κ1) is 16.3. The molecule has 112 valence electrons. The average Bonchev–Trinajstić information content (AvgIpc) is 2.51. The molecule has 2 aromatic carbocycles. The Balaban J connectivity index is 2.43. The van der Waals surface area contributed by atoms with Crippen molar-refractivity contribution in [2.45, 2.75) is 39.7 Å². The molecule has 0 aliphatic rings. The summed E-state index contributed by atoms with van der Waals surface area (Å²) >= 11 is 3.64. The highest BCUT2D eigenvalue weighted by atomic mass is 79.9. The van der Waals surface area contributed by atoms with Gasteiger partial charge >= 0.3 is 0 Å². The second-order valence-corrected chi connectivity index (χ2v) is 6.32. The summed E-state index contributed by atoms with van der Waals surface area (Å²) in [5.74, 6) is 0. The molecule has 1 nitrogen and oxygen atoms in total. The van der Waals surface area contributed by atoms with E-state index in [0.29, 0.717) is 0 Å². The number of rotatable bonds is 5. The van der Waals surface area contributed by atoms with Crippen molar-refractivity contribution >= 4 is 15.9 Å². The van der Waals surface area contributed by atoms with Crippen LogP contribution in [0.4, 0.5) is 0 Å². The van der Waals surface area contributed by atoms with Crippen LogP contribution in [-0.4, -0.2) is 7.05 Å². The van der Waals surface area contributed by atoms with Gasteiger partial charge in [-0.05, 0) is 60.7 Å². The molecule has 0 aliphatic heterocycles. The maximum Gasteiger partial charge on any atom is 0.0574 e. The normalized spacial score (nSPS) is 12.4. The smallest absolute Gasteiger partial charge is 0.0574 e. The van der Waals surface area contributed by atoms with Crippen LogP contribution in [0.2, 0.25) is 0 Å². The molecule has 0 aromatic heterocycles. The lowest BCUT2D eigenvalue weighted by atomic mass is 9.93. The van der Waals surface area contributed by atoms with E-state index in [0.717, 1.165) is 12.8 Å². The summed E-state index contributed by atoms with van der Waals surface area (Å²) in [6.07, 6.45) is 2.19. The minimum Gasteiger partial charge on any atom is -0.309 e. The molecule has 1 atom stereocenters. The quantitative estimate of drug-likeness (QED) is 0.785. The van der Waals surface area contributed by atoms with Crippen molar-refractivity contribution in [1.29, 1.82) is 0 Å². The van der Waals surface area contributed by atoms with E-state index in [2.05, 4.69) is 78.4 Å². The van der Waals surface area contributed by atoms with Crippen LogP contribution in [0.3, 0.4) is 0 Å². The molecule has 1 N–H and O–H groups in total. The predicted molar refractivity (Wildman–Crippen MR) is 95.0 cm³/mol. The van der Waals surface area contributed by atoms with Crippen molar-refractivity contribution in [2.24, 2.45) is 0 Å². The van der Waals surface area contributed by atoms with Crippen LogP contribution < -0.4 is 5.32 Å². The van der Waals surface area contributed by atoms with Crippen molar-refractivity contribution in [2.75, 3.05) is 7.05 Å². The monoisotopic (exact) mass is 345 g/mol. The van der Waals surface area contributed by atoms with Gasteiger partial charge in [0.25, 0.3) is 0 Å². The fraction of sp³-hybridized carbons (Fsp3) is 0.368. The number of nitrogens with one attached hydrogen (secondary N) is 1. The van der Waals surface area contributed by atoms with Crippen molar-refractivity contribution < 1.29 is 0 Å². The Morgan fingerprint density at radius 1 is 0.952 bits per heavy atom. The highest BCUT2D eigenvalue weighted by Gasteiger charge is 2.14. The Labute approximate surface area is 136 Å². The van der Waals surface area contributed by atoms with E-state index in [1.54, 1.807) is 0 Å². The van der Waals surface area contributed by atoms with Gasteiger partial charge in [0.15, 0.2) is 0 Å². The third-order valence-corrected chi connectivity index (χ3v) is 5.00. The zero-order chi connectivity index (χ0) is 15.4. The van der Waals surface area contributed by atoms with Gasteiger partial charge in [-0.3, -0.25) is 0 Å². The molecule has 21 heavy (non-hydrogen) atoms. The Kier molecular flexibility index (Phi) is 5.60. The minimum atomic E-state index is 0.234. The zero-order valence-corrected chi connectivity index (χ0v) is 14.9. The average molecular weight is 346 g/mol.